The summed E-state index contributed by atoms with van der Waals surface area (Å²) in [6.45, 7) is 31.2. The third kappa shape index (κ3) is 14.9. The van der Waals surface area contributed by atoms with Crippen molar-refractivity contribution >= 4 is 23.9 Å². The molecule has 0 amide bonds. The Bertz CT molecular complexity index is 2630. The SMILES string of the molecule is C=C(C)C(=O)Oc1cc(C)c(C(CCCC(c2cc(C3CCCCC3)c(OC(=O)C(=C)C)cc2C)c2cc(C3CCCCC3)c(OC(=O)C(=C)C)cc2C)c2cc(C3CCCCC3)c(OC(=O)C(=C)C)cc2C)cc1C1CCCCC1. The molecule has 0 unspecified atom stereocenters. The maximum atomic E-state index is 13.4. The average molecular weight is 1100 g/mol. The van der Waals surface area contributed by atoms with Crippen LogP contribution >= 0.6 is 0 Å². The number of aryl methyl sites for hydroxylation is 4. The van der Waals surface area contributed by atoms with Gasteiger partial charge in [0.15, 0.2) is 0 Å². The van der Waals surface area contributed by atoms with E-state index in [0.717, 1.165) is 167 Å². The molecule has 0 aromatic heterocycles. The lowest BCUT2D eigenvalue weighted by Gasteiger charge is -2.31. The first kappa shape index (κ1) is 60.8. The van der Waals surface area contributed by atoms with E-state index in [2.05, 4.69) is 103 Å². The number of hydrogen-bond acceptors (Lipinski definition) is 8. The zero-order valence-corrected chi connectivity index (χ0v) is 50.4. The van der Waals surface area contributed by atoms with Crippen LogP contribution in [0.15, 0.2) is 97.1 Å². The summed E-state index contributed by atoms with van der Waals surface area (Å²) in [5.74, 6) is 1.69. The highest BCUT2D eigenvalue weighted by Gasteiger charge is 2.33. The topological polar surface area (TPSA) is 105 Å². The van der Waals surface area contributed by atoms with Crippen molar-refractivity contribution in [2.75, 3.05) is 0 Å². The normalized spacial score (nSPS) is 16.7. The zero-order chi connectivity index (χ0) is 58.1. The van der Waals surface area contributed by atoms with Crippen molar-refractivity contribution in [2.45, 2.75) is 239 Å². The van der Waals surface area contributed by atoms with Crippen LogP contribution in [0, 0.1) is 27.7 Å². The molecule has 0 spiro atoms. The summed E-state index contributed by atoms with van der Waals surface area (Å²) in [6.07, 6.45) is 24.4. The van der Waals surface area contributed by atoms with Gasteiger partial charge < -0.3 is 18.9 Å². The largest absolute Gasteiger partial charge is 0.423 e. The maximum absolute atomic E-state index is 13.4. The minimum atomic E-state index is -0.414. The lowest BCUT2D eigenvalue weighted by Crippen LogP contribution is -2.17. The molecule has 8 heteroatoms. The molecule has 81 heavy (non-hydrogen) atoms. The summed E-state index contributed by atoms with van der Waals surface area (Å²) < 4.78 is 25.0. The molecule has 0 N–H and O–H groups in total. The number of rotatable bonds is 20. The molecule has 4 aromatic rings. The van der Waals surface area contributed by atoms with Crippen molar-refractivity contribution in [2.24, 2.45) is 0 Å². The Morgan fingerprint density at radius 1 is 0.358 bits per heavy atom. The first-order valence-corrected chi connectivity index (χ1v) is 30.9. The first-order chi connectivity index (χ1) is 38.8. The molecule has 4 aliphatic rings. The standard InChI is InChI=1S/C73H92O8/c1-44(2)70(74)78-66-36-48(9)58(40-62(66)52-26-17-13-18-27-52)56(59-41-63(53-28-19-14-20-29-53)67(37-49(59)10)79-71(75)45(3)4)34-25-35-57(60-42-64(54-30-21-15-22-31-54)68(38-50(60)11)80-72(76)46(5)6)61-43-65(55-32-23-16-24-33-55)69(39-51(61)12)81-73(77)47(7)8/h36-43,52-57H,1,3,5,7,13-35H2,2,4,6,8-12H3. The third-order valence-electron chi connectivity index (χ3n) is 18.5. The molecule has 0 bridgehead atoms. The molecule has 4 aromatic carbocycles. The second-order valence-corrected chi connectivity index (χ2v) is 25.0. The minimum Gasteiger partial charge on any atom is -0.423 e. The average Bonchev–Trinajstić information content (AvgIpc) is 3.58. The molecule has 4 saturated carbocycles. The summed E-state index contributed by atoms with van der Waals surface area (Å²) in [5, 5.41) is 0. The Labute approximate surface area is 485 Å². The van der Waals surface area contributed by atoms with Gasteiger partial charge in [-0.2, -0.15) is 0 Å². The first-order valence-electron chi connectivity index (χ1n) is 30.9. The van der Waals surface area contributed by atoms with E-state index in [9.17, 15) is 19.2 Å². The van der Waals surface area contributed by atoms with Crippen molar-refractivity contribution in [1.29, 1.82) is 0 Å². The van der Waals surface area contributed by atoms with Gasteiger partial charge in [0.1, 0.15) is 23.0 Å². The number of benzene rings is 4. The highest BCUT2D eigenvalue weighted by molar-refractivity contribution is 5.90. The molecule has 4 fully saturated rings. The highest BCUT2D eigenvalue weighted by Crippen LogP contribution is 2.49. The van der Waals surface area contributed by atoms with Crippen LogP contribution in [0.4, 0.5) is 0 Å². The van der Waals surface area contributed by atoms with E-state index in [1.54, 1.807) is 27.7 Å². The van der Waals surface area contributed by atoms with Crippen LogP contribution < -0.4 is 18.9 Å². The molecule has 8 nitrogen and oxygen atoms in total. The maximum Gasteiger partial charge on any atom is 0.338 e. The number of carbonyl (C=O) groups is 4. The lowest BCUT2D eigenvalue weighted by molar-refractivity contribution is -0.131. The molecule has 4 aliphatic carbocycles. The second kappa shape index (κ2) is 27.7. The predicted octanol–water partition coefficient (Wildman–Crippen LogP) is 19.2. The molecule has 0 saturated heterocycles. The van der Waals surface area contributed by atoms with Gasteiger partial charge in [0.05, 0.1) is 0 Å². The molecule has 0 aliphatic heterocycles. The predicted molar refractivity (Wildman–Crippen MR) is 327 cm³/mol. The van der Waals surface area contributed by atoms with Gasteiger partial charge in [-0.25, -0.2) is 19.2 Å². The zero-order valence-electron chi connectivity index (χ0n) is 50.4. The Hall–Kier alpha value is -6.28. The van der Waals surface area contributed by atoms with E-state index in [4.69, 9.17) is 18.9 Å². The summed E-state index contributed by atoms with van der Waals surface area (Å²) in [6, 6.07) is 17.9. The van der Waals surface area contributed by atoms with E-state index in [1.165, 1.54) is 47.9 Å². The van der Waals surface area contributed by atoms with Gasteiger partial charge in [0.2, 0.25) is 0 Å². The van der Waals surface area contributed by atoms with Gasteiger partial charge >= 0.3 is 23.9 Å². The van der Waals surface area contributed by atoms with Crippen LogP contribution in [-0.4, -0.2) is 23.9 Å². The van der Waals surface area contributed by atoms with Gasteiger partial charge in [-0.3, -0.25) is 0 Å². The van der Waals surface area contributed by atoms with Gasteiger partial charge in [0.25, 0.3) is 0 Å². The quantitative estimate of drug-likeness (QED) is 0.0490. The van der Waals surface area contributed by atoms with E-state index >= 15 is 0 Å². The Kier molecular flexibility index (Phi) is 20.8. The van der Waals surface area contributed by atoms with Crippen molar-refractivity contribution in [3.63, 3.8) is 0 Å². The van der Waals surface area contributed by atoms with Crippen molar-refractivity contribution in [3.8, 4) is 23.0 Å². The fraction of sp³-hybridized carbons (Fsp3) is 0.507. The molecule has 0 heterocycles. The van der Waals surface area contributed by atoms with Gasteiger partial charge in [-0.1, -0.05) is 134 Å². The van der Waals surface area contributed by atoms with Crippen molar-refractivity contribution in [3.05, 3.63) is 164 Å². The van der Waals surface area contributed by atoms with Crippen LogP contribution in [0.3, 0.4) is 0 Å². The van der Waals surface area contributed by atoms with E-state index in [0.29, 0.717) is 45.3 Å². The van der Waals surface area contributed by atoms with Crippen LogP contribution in [0.5, 0.6) is 23.0 Å². The Morgan fingerprint density at radius 3 is 0.741 bits per heavy atom. The second-order valence-electron chi connectivity index (χ2n) is 25.0. The van der Waals surface area contributed by atoms with Gasteiger partial charge in [-0.15, -0.1) is 0 Å². The van der Waals surface area contributed by atoms with Crippen molar-refractivity contribution < 1.29 is 38.1 Å². The molecular formula is C73H92O8. The van der Waals surface area contributed by atoms with Crippen LogP contribution in [-0.2, 0) is 19.2 Å². The number of ether oxygens (including phenoxy) is 4. The monoisotopic (exact) mass is 1100 g/mol. The van der Waals surface area contributed by atoms with Crippen LogP contribution in [0.2, 0.25) is 0 Å². The summed E-state index contributed by atoms with van der Waals surface area (Å²) in [4.78, 5) is 53.4. The lowest BCUT2D eigenvalue weighted by atomic mass is 9.74. The summed E-state index contributed by atoms with van der Waals surface area (Å²) >= 11 is 0. The Morgan fingerprint density at radius 2 is 0.556 bits per heavy atom. The number of carbonyl (C=O) groups excluding carboxylic acids is 4. The molecule has 432 valence electrons. The van der Waals surface area contributed by atoms with Crippen molar-refractivity contribution in [1.82, 2.24) is 0 Å². The smallest absolute Gasteiger partial charge is 0.338 e. The van der Waals surface area contributed by atoms with E-state index < -0.39 is 23.9 Å². The van der Waals surface area contributed by atoms with Crippen LogP contribution in [0.25, 0.3) is 0 Å². The molecule has 0 radical (unpaired) electrons. The fourth-order valence-corrected chi connectivity index (χ4v) is 13.9. The van der Waals surface area contributed by atoms with E-state index in [1.807, 2.05) is 0 Å². The third-order valence-corrected chi connectivity index (χ3v) is 18.5. The highest BCUT2D eigenvalue weighted by atomic mass is 16.5. The Balaban J connectivity index is 1.32. The molecule has 0 atom stereocenters. The summed E-state index contributed by atoms with van der Waals surface area (Å²) in [7, 11) is 0. The summed E-state index contributed by atoms with van der Waals surface area (Å²) in [5.41, 5.74) is 14.9. The minimum absolute atomic E-state index is 0.0715. The van der Waals surface area contributed by atoms with Gasteiger partial charge in [-0.05, 0) is 234 Å². The number of hydrogen-bond donors (Lipinski definition) is 0. The molecular weight excluding hydrogens is 1000 g/mol. The van der Waals surface area contributed by atoms with Crippen LogP contribution in [0.1, 0.15) is 278 Å². The van der Waals surface area contributed by atoms with E-state index in [-0.39, 0.29) is 35.5 Å². The van der Waals surface area contributed by atoms with Gasteiger partial charge in [0, 0.05) is 34.1 Å². The number of esters is 4. The molecule has 8 rings (SSSR count). The fourth-order valence-electron chi connectivity index (χ4n) is 13.9.